The fraction of sp³-hybridized carbons (Fsp3) is 0.478. The van der Waals surface area contributed by atoms with E-state index in [4.69, 9.17) is 4.74 Å². The van der Waals surface area contributed by atoms with Crippen LogP contribution in [0.4, 0.5) is 4.79 Å². The first kappa shape index (κ1) is 26.4. The third kappa shape index (κ3) is 6.09. The van der Waals surface area contributed by atoms with Gasteiger partial charge in [-0.3, -0.25) is 19.2 Å². The third-order valence-corrected chi connectivity index (χ3v) is 5.67. The number of Topliss-reactive ketones (excluding diaryl/α,β-unsaturated/α-hetero) is 1. The fourth-order valence-corrected chi connectivity index (χ4v) is 3.86. The summed E-state index contributed by atoms with van der Waals surface area (Å²) in [5.41, 5.74) is 1.06. The molecule has 1 saturated heterocycles. The maximum absolute atomic E-state index is 13.2. The number of H-pyrrole nitrogens is 1. The van der Waals surface area contributed by atoms with Gasteiger partial charge in [0.2, 0.25) is 11.7 Å². The van der Waals surface area contributed by atoms with Gasteiger partial charge in [0.15, 0.2) is 5.82 Å². The molecule has 5 N–H and O–H groups in total. The van der Waals surface area contributed by atoms with E-state index in [0.29, 0.717) is 29.9 Å². The predicted octanol–water partition coefficient (Wildman–Crippen LogP) is -0.459. The molecule has 0 saturated carbocycles. The van der Waals surface area contributed by atoms with Crippen LogP contribution < -0.4 is 26.0 Å². The molecule has 0 aliphatic carbocycles. The third-order valence-electron chi connectivity index (χ3n) is 5.67. The highest BCUT2D eigenvalue weighted by atomic mass is 16.5. The van der Waals surface area contributed by atoms with E-state index in [1.165, 1.54) is 19.1 Å². The van der Waals surface area contributed by atoms with Crippen molar-refractivity contribution < 1.29 is 28.7 Å². The Kier molecular flexibility index (Phi) is 8.46. The SMILES string of the molecule is CNC(=O)C(=O)[C@H](CN1CCNC1=O)NC(=O)[C@H](CC(C)C)NC(=O)c1nc2c(OC)cccc2[nH]1. The zero-order valence-electron chi connectivity index (χ0n) is 20.6. The molecule has 0 unspecified atom stereocenters. The molecule has 0 spiro atoms. The number of benzene rings is 1. The molecule has 36 heavy (non-hydrogen) atoms. The zero-order valence-corrected chi connectivity index (χ0v) is 20.6. The van der Waals surface area contributed by atoms with Gasteiger partial charge in [0.1, 0.15) is 23.3 Å². The molecular formula is C23H31N7O6. The number of aromatic nitrogens is 2. The lowest BCUT2D eigenvalue weighted by atomic mass is 10.0. The lowest BCUT2D eigenvalue weighted by Crippen LogP contribution is -2.57. The van der Waals surface area contributed by atoms with Crippen molar-refractivity contribution in [1.82, 2.24) is 36.1 Å². The molecule has 194 valence electrons. The summed E-state index contributed by atoms with van der Waals surface area (Å²) >= 11 is 0. The zero-order chi connectivity index (χ0) is 26.4. The van der Waals surface area contributed by atoms with Crippen molar-refractivity contribution in [3.8, 4) is 5.75 Å². The van der Waals surface area contributed by atoms with Gasteiger partial charge in [-0.1, -0.05) is 19.9 Å². The van der Waals surface area contributed by atoms with Gasteiger partial charge in [-0.2, -0.15) is 0 Å². The minimum absolute atomic E-state index is 0.00858. The molecule has 13 nitrogen and oxygen atoms in total. The summed E-state index contributed by atoms with van der Waals surface area (Å²) in [5, 5.41) is 10.1. The number of hydrogen-bond acceptors (Lipinski definition) is 7. The Morgan fingerprint density at radius 2 is 1.92 bits per heavy atom. The summed E-state index contributed by atoms with van der Waals surface area (Å²) in [6, 6.07) is 2.49. The molecule has 2 atom stereocenters. The highest BCUT2D eigenvalue weighted by Gasteiger charge is 2.34. The number of fused-ring (bicyclic) bond motifs is 1. The molecule has 1 aliphatic rings. The molecule has 2 aromatic rings. The molecule has 0 bridgehead atoms. The van der Waals surface area contributed by atoms with E-state index in [-0.39, 0.29) is 24.7 Å². The van der Waals surface area contributed by atoms with Crippen LogP contribution in [0, 0.1) is 5.92 Å². The number of amides is 5. The number of ketones is 1. The van der Waals surface area contributed by atoms with Crippen molar-refractivity contribution in [2.45, 2.75) is 32.4 Å². The number of carbonyl (C=O) groups is 5. The molecule has 1 aliphatic heterocycles. The minimum atomic E-state index is -1.29. The van der Waals surface area contributed by atoms with Crippen LogP contribution in [0.5, 0.6) is 5.75 Å². The van der Waals surface area contributed by atoms with Gasteiger partial charge in [0.05, 0.1) is 19.2 Å². The first-order chi connectivity index (χ1) is 17.1. The lowest BCUT2D eigenvalue weighted by Gasteiger charge is -2.26. The standard InChI is InChI=1S/C23H31N7O6/c1-12(2)10-14(27-22(34)19-26-13-6-5-7-16(36-4)17(13)29-19)20(32)28-15(18(31)21(33)24-3)11-30-9-8-25-23(30)35/h5-7,12,14-15H,8-11H2,1-4H3,(H,24,33)(H,25,35)(H,26,29)(H,27,34)(H,28,32)/t14-,15-/m0/s1. The van der Waals surface area contributed by atoms with Crippen molar-refractivity contribution in [2.75, 3.05) is 33.8 Å². The van der Waals surface area contributed by atoms with Gasteiger partial charge in [-0.25, -0.2) is 9.78 Å². The first-order valence-corrected chi connectivity index (χ1v) is 11.6. The van der Waals surface area contributed by atoms with E-state index >= 15 is 0 Å². The van der Waals surface area contributed by atoms with Crippen molar-refractivity contribution in [2.24, 2.45) is 5.92 Å². The average molecular weight is 502 g/mol. The molecule has 3 rings (SSSR count). The van der Waals surface area contributed by atoms with Crippen LogP contribution in [0.1, 0.15) is 30.9 Å². The Bertz CT molecular complexity index is 1160. The molecule has 13 heteroatoms. The predicted molar refractivity (Wildman–Crippen MR) is 129 cm³/mol. The number of ether oxygens (including phenoxy) is 1. The summed E-state index contributed by atoms with van der Waals surface area (Å²) in [5.74, 6) is -2.60. The normalized spacial score (nSPS) is 14.8. The number of carbonyl (C=O) groups excluding carboxylic acids is 5. The average Bonchev–Trinajstić information content (AvgIpc) is 3.47. The monoisotopic (exact) mass is 501 g/mol. The summed E-state index contributed by atoms with van der Waals surface area (Å²) in [7, 11) is 2.79. The van der Waals surface area contributed by atoms with Crippen molar-refractivity contribution in [1.29, 1.82) is 0 Å². The smallest absolute Gasteiger partial charge is 0.317 e. The van der Waals surface area contributed by atoms with Gasteiger partial charge in [0.25, 0.3) is 11.8 Å². The van der Waals surface area contributed by atoms with Crippen LogP contribution in [-0.4, -0.2) is 90.3 Å². The second-order valence-electron chi connectivity index (χ2n) is 8.78. The minimum Gasteiger partial charge on any atom is -0.494 e. The number of methoxy groups -OCH3 is 1. The van der Waals surface area contributed by atoms with E-state index in [1.807, 2.05) is 13.8 Å². The maximum Gasteiger partial charge on any atom is 0.317 e. The molecular weight excluding hydrogens is 470 g/mol. The van der Waals surface area contributed by atoms with Gasteiger partial charge in [0, 0.05) is 20.1 Å². The quantitative estimate of drug-likeness (QED) is 0.259. The summed E-state index contributed by atoms with van der Waals surface area (Å²) in [4.78, 5) is 71.4. The Morgan fingerprint density at radius 1 is 1.17 bits per heavy atom. The molecule has 2 heterocycles. The number of para-hydroxylation sites is 1. The lowest BCUT2D eigenvalue weighted by molar-refractivity contribution is -0.140. The largest absolute Gasteiger partial charge is 0.494 e. The Balaban J connectivity index is 1.79. The number of likely N-dealkylation sites (N-methyl/N-ethyl adjacent to an activating group) is 1. The first-order valence-electron chi connectivity index (χ1n) is 11.6. The van der Waals surface area contributed by atoms with Crippen LogP contribution in [-0.2, 0) is 14.4 Å². The van der Waals surface area contributed by atoms with Crippen LogP contribution in [0.25, 0.3) is 11.0 Å². The van der Waals surface area contributed by atoms with E-state index in [1.54, 1.807) is 18.2 Å². The molecule has 0 radical (unpaired) electrons. The molecule has 5 amide bonds. The number of nitrogens with zero attached hydrogens (tertiary/aromatic N) is 2. The van der Waals surface area contributed by atoms with Crippen molar-refractivity contribution in [3.05, 3.63) is 24.0 Å². The van der Waals surface area contributed by atoms with E-state index in [9.17, 15) is 24.0 Å². The molecule has 1 fully saturated rings. The number of rotatable bonds is 11. The Labute approximate surface area is 207 Å². The highest BCUT2D eigenvalue weighted by Crippen LogP contribution is 2.23. The van der Waals surface area contributed by atoms with Crippen LogP contribution in [0.2, 0.25) is 0 Å². The van der Waals surface area contributed by atoms with Crippen molar-refractivity contribution in [3.63, 3.8) is 0 Å². The topological polar surface area (TPSA) is 175 Å². The number of nitrogens with one attached hydrogen (secondary N) is 5. The maximum atomic E-state index is 13.2. The summed E-state index contributed by atoms with van der Waals surface area (Å²) < 4.78 is 5.27. The Morgan fingerprint density at radius 3 is 2.53 bits per heavy atom. The highest BCUT2D eigenvalue weighted by molar-refractivity contribution is 6.38. The van der Waals surface area contributed by atoms with Crippen LogP contribution in [0.3, 0.4) is 0 Å². The number of imidazole rings is 1. The van der Waals surface area contributed by atoms with E-state index in [0.717, 1.165) is 0 Å². The fourth-order valence-electron chi connectivity index (χ4n) is 3.86. The van der Waals surface area contributed by atoms with E-state index in [2.05, 4.69) is 31.2 Å². The number of urea groups is 1. The van der Waals surface area contributed by atoms with Gasteiger partial charge < -0.3 is 35.9 Å². The second-order valence-corrected chi connectivity index (χ2v) is 8.78. The number of hydrogen-bond donors (Lipinski definition) is 5. The Hall–Kier alpha value is -4.16. The second kappa shape index (κ2) is 11.5. The molecule has 1 aromatic heterocycles. The van der Waals surface area contributed by atoms with Gasteiger partial charge >= 0.3 is 6.03 Å². The summed E-state index contributed by atoms with van der Waals surface area (Å²) in [6.45, 7) is 4.28. The van der Waals surface area contributed by atoms with Crippen molar-refractivity contribution >= 4 is 40.6 Å². The summed E-state index contributed by atoms with van der Waals surface area (Å²) in [6.07, 6.45) is 0.256. The number of aromatic amines is 1. The molecule has 1 aromatic carbocycles. The van der Waals surface area contributed by atoms with E-state index < -0.39 is 41.6 Å². The van der Waals surface area contributed by atoms with Crippen LogP contribution >= 0.6 is 0 Å². The van der Waals surface area contributed by atoms with Gasteiger partial charge in [-0.05, 0) is 24.5 Å². The van der Waals surface area contributed by atoms with Crippen LogP contribution in [0.15, 0.2) is 18.2 Å². The van der Waals surface area contributed by atoms with Gasteiger partial charge in [-0.15, -0.1) is 0 Å².